The van der Waals surface area contributed by atoms with Gasteiger partial charge in [0.05, 0.1) is 12.4 Å². The predicted octanol–water partition coefficient (Wildman–Crippen LogP) is 11.1. The summed E-state index contributed by atoms with van der Waals surface area (Å²) in [6.45, 7) is 20.8. The van der Waals surface area contributed by atoms with E-state index < -0.39 is 0 Å². The quantitative estimate of drug-likeness (QED) is 0.131. The van der Waals surface area contributed by atoms with E-state index in [0.717, 1.165) is 39.3 Å². The molecule has 2 amide bonds. The molecule has 0 aliphatic heterocycles. The van der Waals surface area contributed by atoms with Crippen LogP contribution < -0.4 is 16.0 Å². The first kappa shape index (κ1) is 38.6. The molecule has 264 valence electrons. The van der Waals surface area contributed by atoms with Crippen molar-refractivity contribution in [2.24, 2.45) is 0 Å². The van der Waals surface area contributed by atoms with Crippen LogP contribution >= 0.6 is 34.3 Å². The van der Waals surface area contributed by atoms with Crippen LogP contribution in [0.1, 0.15) is 132 Å². The number of para-hydroxylation sites is 2. The van der Waals surface area contributed by atoms with Crippen LogP contribution in [-0.4, -0.2) is 31.8 Å². The van der Waals surface area contributed by atoms with E-state index in [1.54, 1.807) is 6.20 Å². The number of nitrogens with zero attached hydrogens (tertiary/aromatic N) is 4. The highest BCUT2D eigenvalue weighted by atomic mass is 35.5. The van der Waals surface area contributed by atoms with Crippen molar-refractivity contribution in [3.63, 3.8) is 0 Å². The second-order valence-corrected chi connectivity index (χ2v) is 15.9. The minimum absolute atomic E-state index is 0.152. The largest absolute Gasteiger partial charge is 0.321 e. The SMILES string of the molecule is CC(C)c1cccc(C(C)C)c1NC(=O)c1cnc(Cl)s1.Cc1cc(Nc2ncc(C(=O)Nc3c(C(C)C)cccc3C(C)C)s2)nc(C)n1. The Hall–Kier alpha value is -4.19. The fraction of sp³-hybridized carbons (Fsp3) is 0.368. The van der Waals surface area contributed by atoms with Gasteiger partial charge in [0.2, 0.25) is 0 Å². The van der Waals surface area contributed by atoms with Crippen molar-refractivity contribution in [3.8, 4) is 0 Å². The molecule has 5 aromatic rings. The Labute approximate surface area is 308 Å². The number of carbonyl (C=O) groups excluding carboxylic acids is 2. The third-order valence-corrected chi connectivity index (χ3v) is 9.88. The predicted molar refractivity (Wildman–Crippen MR) is 209 cm³/mol. The van der Waals surface area contributed by atoms with Gasteiger partial charge in [0, 0.05) is 23.1 Å². The smallest absolute Gasteiger partial charge is 0.267 e. The van der Waals surface area contributed by atoms with E-state index in [4.69, 9.17) is 11.6 Å². The molecule has 12 heteroatoms. The van der Waals surface area contributed by atoms with E-state index in [2.05, 4.69) is 122 Å². The van der Waals surface area contributed by atoms with Gasteiger partial charge >= 0.3 is 0 Å². The molecule has 3 aromatic heterocycles. The van der Waals surface area contributed by atoms with Gasteiger partial charge in [-0.2, -0.15) is 0 Å². The fourth-order valence-corrected chi connectivity index (χ4v) is 6.98. The molecule has 0 bridgehead atoms. The maximum Gasteiger partial charge on any atom is 0.267 e. The maximum atomic E-state index is 12.9. The molecule has 2 aromatic carbocycles. The number of halogens is 1. The van der Waals surface area contributed by atoms with Gasteiger partial charge in [-0.1, -0.05) is 126 Å². The molecular weight excluding hydrogens is 686 g/mol. The van der Waals surface area contributed by atoms with Crippen LogP contribution in [0, 0.1) is 13.8 Å². The Balaban J connectivity index is 0.000000237. The van der Waals surface area contributed by atoms with Crippen LogP contribution in [0.3, 0.4) is 0 Å². The molecule has 0 aliphatic carbocycles. The van der Waals surface area contributed by atoms with Gasteiger partial charge in [0.1, 0.15) is 21.4 Å². The second-order valence-electron chi connectivity index (χ2n) is 13.2. The Morgan fingerprint density at radius 1 is 0.660 bits per heavy atom. The van der Waals surface area contributed by atoms with Gasteiger partial charge in [-0.05, 0) is 59.8 Å². The fourth-order valence-electron chi connectivity index (χ4n) is 5.43. The normalized spacial score (nSPS) is 11.2. The Morgan fingerprint density at radius 2 is 1.10 bits per heavy atom. The Kier molecular flexibility index (Phi) is 13.2. The standard InChI is InChI=1S/C22H27N5OS.C16H19ClN2OS/c1-12(2)16-8-7-9-17(13(3)4)20(16)27-21(28)18-11-23-22(29-18)26-19-10-14(5)24-15(6)25-19;1-9(2)11-6-5-7-12(10(3)4)14(11)19-15(20)13-8-18-16(17)21-13/h7-13H,1-6H3,(H,27,28)(H,23,24,25,26);5-10H,1-4H3,(H,19,20). The van der Waals surface area contributed by atoms with Crippen LogP contribution in [0.25, 0.3) is 0 Å². The first-order chi connectivity index (χ1) is 23.6. The van der Waals surface area contributed by atoms with Crippen molar-refractivity contribution in [3.05, 3.63) is 103 Å². The van der Waals surface area contributed by atoms with Crippen molar-refractivity contribution >= 4 is 68.4 Å². The zero-order chi connectivity index (χ0) is 36.7. The van der Waals surface area contributed by atoms with E-state index in [9.17, 15) is 9.59 Å². The molecule has 0 atom stereocenters. The lowest BCUT2D eigenvalue weighted by Crippen LogP contribution is -2.14. The molecule has 5 rings (SSSR count). The van der Waals surface area contributed by atoms with Gasteiger partial charge in [0.15, 0.2) is 9.60 Å². The lowest BCUT2D eigenvalue weighted by molar-refractivity contribution is 0.102. The number of anilines is 4. The number of carbonyl (C=O) groups is 2. The summed E-state index contributed by atoms with van der Waals surface area (Å²) in [6.07, 6.45) is 3.10. The summed E-state index contributed by atoms with van der Waals surface area (Å²) in [6, 6.07) is 14.2. The highest BCUT2D eigenvalue weighted by molar-refractivity contribution is 7.18. The van der Waals surface area contributed by atoms with Gasteiger partial charge in [-0.3, -0.25) is 9.59 Å². The number of hydrogen-bond donors (Lipinski definition) is 3. The van der Waals surface area contributed by atoms with Crippen LogP contribution in [0.5, 0.6) is 0 Å². The van der Waals surface area contributed by atoms with Crippen LogP contribution in [0.4, 0.5) is 22.3 Å². The third-order valence-electron chi connectivity index (χ3n) is 7.85. The Morgan fingerprint density at radius 3 is 1.50 bits per heavy atom. The lowest BCUT2D eigenvalue weighted by Gasteiger charge is -2.19. The molecule has 0 radical (unpaired) electrons. The number of nitrogens with one attached hydrogen (secondary N) is 3. The van der Waals surface area contributed by atoms with Crippen molar-refractivity contribution in [1.82, 2.24) is 19.9 Å². The molecule has 0 spiro atoms. The van der Waals surface area contributed by atoms with E-state index in [-0.39, 0.29) is 11.8 Å². The molecule has 0 saturated carbocycles. The maximum absolute atomic E-state index is 12.9. The van der Waals surface area contributed by atoms with Crippen LogP contribution in [0.2, 0.25) is 4.47 Å². The summed E-state index contributed by atoms with van der Waals surface area (Å²) in [5, 5.41) is 9.96. The minimum atomic E-state index is -0.158. The van der Waals surface area contributed by atoms with Crippen molar-refractivity contribution < 1.29 is 9.59 Å². The summed E-state index contributed by atoms with van der Waals surface area (Å²) in [4.78, 5) is 43.3. The number of aryl methyl sites for hydroxylation is 2. The summed E-state index contributed by atoms with van der Waals surface area (Å²) in [7, 11) is 0. The molecule has 0 fully saturated rings. The third kappa shape index (κ3) is 9.95. The zero-order valence-corrected chi connectivity index (χ0v) is 32.7. The topological polar surface area (TPSA) is 122 Å². The van der Waals surface area contributed by atoms with E-state index in [1.165, 1.54) is 28.9 Å². The zero-order valence-electron chi connectivity index (χ0n) is 30.3. The van der Waals surface area contributed by atoms with Crippen LogP contribution in [-0.2, 0) is 0 Å². The molecule has 0 aliphatic rings. The van der Waals surface area contributed by atoms with Crippen molar-refractivity contribution in [1.29, 1.82) is 0 Å². The molecule has 0 unspecified atom stereocenters. The second kappa shape index (κ2) is 17.2. The van der Waals surface area contributed by atoms with Gasteiger partial charge in [-0.15, -0.1) is 0 Å². The molecule has 3 N–H and O–H groups in total. The highest BCUT2D eigenvalue weighted by Gasteiger charge is 2.20. The average Bonchev–Trinajstić information content (AvgIpc) is 3.70. The number of hydrogen-bond acceptors (Lipinski definition) is 9. The first-order valence-corrected chi connectivity index (χ1v) is 18.7. The average molecular weight is 732 g/mol. The summed E-state index contributed by atoms with van der Waals surface area (Å²) < 4.78 is 0.376. The highest BCUT2D eigenvalue weighted by Crippen LogP contribution is 2.35. The number of rotatable bonds is 10. The number of amides is 2. The summed E-state index contributed by atoms with van der Waals surface area (Å²) >= 11 is 8.28. The monoisotopic (exact) mass is 731 g/mol. The van der Waals surface area contributed by atoms with E-state index in [1.807, 2.05) is 26.0 Å². The summed E-state index contributed by atoms with van der Waals surface area (Å²) in [5.74, 6) is 2.35. The molecular formula is C38H46ClN7O2S2. The van der Waals surface area contributed by atoms with Crippen molar-refractivity contribution in [2.45, 2.75) is 92.9 Å². The van der Waals surface area contributed by atoms with Crippen LogP contribution in [0.15, 0.2) is 54.9 Å². The van der Waals surface area contributed by atoms with E-state index >= 15 is 0 Å². The van der Waals surface area contributed by atoms with Gasteiger partial charge < -0.3 is 16.0 Å². The Bertz CT molecular complexity index is 1880. The lowest BCUT2D eigenvalue weighted by atomic mass is 9.92. The number of benzene rings is 2. The molecule has 3 heterocycles. The first-order valence-electron chi connectivity index (χ1n) is 16.7. The molecule has 0 saturated heterocycles. The van der Waals surface area contributed by atoms with Gasteiger partial charge in [-0.25, -0.2) is 19.9 Å². The van der Waals surface area contributed by atoms with Crippen molar-refractivity contribution in [2.75, 3.05) is 16.0 Å². The minimum Gasteiger partial charge on any atom is -0.321 e. The van der Waals surface area contributed by atoms with E-state index in [0.29, 0.717) is 54.7 Å². The number of aromatic nitrogens is 4. The number of thiazole rings is 2. The summed E-state index contributed by atoms with van der Waals surface area (Å²) in [5.41, 5.74) is 7.26. The molecule has 50 heavy (non-hydrogen) atoms. The van der Waals surface area contributed by atoms with Gasteiger partial charge in [0.25, 0.3) is 11.8 Å². The molecule has 9 nitrogen and oxygen atoms in total.